The van der Waals surface area contributed by atoms with E-state index in [1.165, 1.54) is 0 Å². The highest BCUT2D eigenvalue weighted by molar-refractivity contribution is 7.92. The molecule has 0 aliphatic heterocycles. The molecule has 30 heavy (non-hydrogen) atoms. The summed E-state index contributed by atoms with van der Waals surface area (Å²) in [7, 11) is -3.72. The second-order valence-electron chi connectivity index (χ2n) is 7.26. The van der Waals surface area contributed by atoms with Gasteiger partial charge in [0.15, 0.2) is 0 Å². The minimum absolute atomic E-state index is 0.271. The number of nitrogens with one attached hydrogen (secondary N) is 1. The summed E-state index contributed by atoms with van der Waals surface area (Å²) in [5.41, 5.74) is 3.65. The smallest absolute Gasteiger partial charge is 0.338 e. The van der Waals surface area contributed by atoms with Crippen LogP contribution >= 0.6 is 0 Å². The Kier molecular flexibility index (Phi) is 7.25. The van der Waals surface area contributed by atoms with Crippen LogP contribution in [0.15, 0.2) is 36.4 Å². The number of sulfonamides is 1. The van der Waals surface area contributed by atoms with Crippen LogP contribution in [-0.2, 0) is 19.6 Å². The Morgan fingerprint density at radius 1 is 1.07 bits per heavy atom. The number of aryl methyl sites for hydroxylation is 3. The van der Waals surface area contributed by atoms with Crippen LogP contribution in [0.2, 0.25) is 0 Å². The monoisotopic (exact) mass is 432 g/mol. The van der Waals surface area contributed by atoms with E-state index in [4.69, 9.17) is 4.74 Å². The summed E-state index contributed by atoms with van der Waals surface area (Å²) in [6.45, 7) is 8.96. The lowest BCUT2D eigenvalue weighted by Crippen LogP contribution is -2.45. The molecule has 2 rings (SSSR count). The molecule has 0 fully saturated rings. The average Bonchev–Trinajstić information content (AvgIpc) is 2.65. The molecule has 0 saturated heterocycles. The molecular weight excluding hydrogens is 404 g/mol. The lowest BCUT2D eigenvalue weighted by atomic mass is 10.1. The van der Waals surface area contributed by atoms with E-state index in [0.29, 0.717) is 22.5 Å². The van der Waals surface area contributed by atoms with Crippen molar-refractivity contribution in [3.05, 3.63) is 58.7 Å². The quantitative estimate of drug-likeness (QED) is 0.675. The van der Waals surface area contributed by atoms with Crippen LogP contribution in [0.4, 0.5) is 11.4 Å². The van der Waals surface area contributed by atoms with Gasteiger partial charge in [-0.1, -0.05) is 12.1 Å². The number of benzene rings is 2. The predicted molar refractivity (Wildman–Crippen MR) is 118 cm³/mol. The maximum Gasteiger partial charge on any atom is 0.338 e. The van der Waals surface area contributed by atoms with Crippen molar-refractivity contribution in [3.63, 3.8) is 0 Å². The number of ether oxygens (including phenoxy) is 1. The summed E-state index contributed by atoms with van der Waals surface area (Å²) in [5, 5.41) is 2.77. The first-order valence-electron chi connectivity index (χ1n) is 9.61. The van der Waals surface area contributed by atoms with Crippen LogP contribution in [-0.4, -0.2) is 39.2 Å². The Balaban J connectivity index is 2.32. The molecule has 2 aromatic rings. The van der Waals surface area contributed by atoms with Crippen molar-refractivity contribution in [1.82, 2.24) is 0 Å². The fraction of sp³-hybridized carbons (Fsp3) is 0.364. The molecule has 8 heteroatoms. The van der Waals surface area contributed by atoms with Gasteiger partial charge in [0.1, 0.15) is 6.04 Å². The normalized spacial score (nSPS) is 12.2. The molecule has 1 atom stereocenters. The fourth-order valence-corrected chi connectivity index (χ4v) is 4.34. The van der Waals surface area contributed by atoms with E-state index < -0.39 is 27.9 Å². The van der Waals surface area contributed by atoms with Crippen molar-refractivity contribution < 1.29 is 22.7 Å². The lowest BCUT2D eigenvalue weighted by Gasteiger charge is -2.30. The summed E-state index contributed by atoms with van der Waals surface area (Å²) >= 11 is 0. The van der Waals surface area contributed by atoms with E-state index in [-0.39, 0.29) is 6.61 Å². The number of amides is 1. The topological polar surface area (TPSA) is 92.8 Å². The van der Waals surface area contributed by atoms with Crippen LogP contribution in [0.1, 0.15) is 40.9 Å². The number of anilines is 2. The number of carbonyl (C=O) groups is 2. The van der Waals surface area contributed by atoms with Gasteiger partial charge in [0, 0.05) is 5.69 Å². The van der Waals surface area contributed by atoms with E-state index in [9.17, 15) is 18.0 Å². The third-order valence-corrected chi connectivity index (χ3v) is 5.91. The molecular formula is C22H28N2O5S. The highest BCUT2D eigenvalue weighted by Crippen LogP contribution is 2.27. The highest BCUT2D eigenvalue weighted by atomic mass is 32.2. The zero-order valence-electron chi connectivity index (χ0n) is 18.1. The minimum Gasteiger partial charge on any atom is -0.462 e. The van der Waals surface area contributed by atoms with Gasteiger partial charge in [-0.05, 0) is 75.6 Å². The molecule has 2 aromatic carbocycles. The molecule has 0 aliphatic carbocycles. The molecule has 7 nitrogen and oxygen atoms in total. The Labute approximate surface area is 178 Å². The van der Waals surface area contributed by atoms with E-state index in [1.54, 1.807) is 52.0 Å². The molecule has 0 aliphatic rings. The first-order valence-corrected chi connectivity index (χ1v) is 11.5. The second-order valence-corrected chi connectivity index (χ2v) is 9.12. The molecule has 0 radical (unpaired) electrons. The van der Waals surface area contributed by atoms with Gasteiger partial charge in [-0.25, -0.2) is 13.2 Å². The maximum atomic E-state index is 12.9. The number of hydrogen-bond acceptors (Lipinski definition) is 5. The largest absolute Gasteiger partial charge is 0.462 e. The predicted octanol–water partition coefficient (Wildman–Crippen LogP) is 3.58. The Morgan fingerprint density at radius 3 is 2.30 bits per heavy atom. The molecule has 1 amide bonds. The van der Waals surface area contributed by atoms with Crippen LogP contribution in [0.25, 0.3) is 0 Å². The second kappa shape index (κ2) is 9.30. The van der Waals surface area contributed by atoms with Crippen molar-refractivity contribution >= 4 is 33.3 Å². The van der Waals surface area contributed by atoms with Crippen molar-refractivity contribution in [2.45, 2.75) is 40.7 Å². The summed E-state index contributed by atoms with van der Waals surface area (Å²) in [4.78, 5) is 24.8. The Hall–Kier alpha value is -2.87. The van der Waals surface area contributed by atoms with Crippen LogP contribution in [0, 0.1) is 20.8 Å². The maximum absolute atomic E-state index is 12.9. The van der Waals surface area contributed by atoms with Crippen LogP contribution in [0.3, 0.4) is 0 Å². The Morgan fingerprint density at radius 2 is 1.73 bits per heavy atom. The van der Waals surface area contributed by atoms with Crippen molar-refractivity contribution in [1.29, 1.82) is 0 Å². The summed E-state index contributed by atoms with van der Waals surface area (Å²) in [5.74, 6) is -0.918. The number of nitrogens with zero attached hydrogens (tertiary/aromatic N) is 1. The Bertz CT molecular complexity index is 1060. The van der Waals surface area contributed by atoms with Crippen LogP contribution < -0.4 is 9.62 Å². The third-order valence-electron chi connectivity index (χ3n) is 4.69. The zero-order chi connectivity index (χ0) is 22.6. The molecule has 0 heterocycles. The molecule has 0 unspecified atom stereocenters. The summed E-state index contributed by atoms with van der Waals surface area (Å²) in [6.07, 6.45) is 1.08. The van der Waals surface area contributed by atoms with Gasteiger partial charge >= 0.3 is 5.97 Å². The molecule has 0 saturated carbocycles. The summed E-state index contributed by atoms with van der Waals surface area (Å²) < 4.78 is 31.2. The van der Waals surface area contributed by atoms with Gasteiger partial charge in [-0.3, -0.25) is 9.10 Å². The fourth-order valence-electron chi connectivity index (χ4n) is 3.12. The van der Waals surface area contributed by atoms with Gasteiger partial charge in [0.05, 0.1) is 24.1 Å². The van der Waals surface area contributed by atoms with E-state index in [0.717, 1.165) is 21.7 Å². The van der Waals surface area contributed by atoms with Crippen molar-refractivity contribution in [2.24, 2.45) is 0 Å². The molecule has 0 spiro atoms. The first kappa shape index (κ1) is 23.4. The van der Waals surface area contributed by atoms with Crippen molar-refractivity contribution in [3.8, 4) is 0 Å². The molecule has 0 bridgehead atoms. The average molecular weight is 433 g/mol. The van der Waals surface area contributed by atoms with E-state index >= 15 is 0 Å². The van der Waals surface area contributed by atoms with Gasteiger partial charge in [0.25, 0.3) is 0 Å². The number of rotatable bonds is 7. The van der Waals surface area contributed by atoms with Gasteiger partial charge in [-0.15, -0.1) is 0 Å². The standard InChI is InChI=1S/C22H28N2O5S/c1-7-29-22(26)18-10-11-19(16(4)13-18)23-21(25)17(5)24(30(6,27)28)20-12-14(2)8-9-15(20)3/h8-13,17H,7H2,1-6H3,(H,23,25)/t17-/m0/s1. The molecule has 162 valence electrons. The number of carbonyl (C=O) groups excluding carboxylic acids is 2. The highest BCUT2D eigenvalue weighted by Gasteiger charge is 2.30. The van der Waals surface area contributed by atoms with Gasteiger partial charge < -0.3 is 10.1 Å². The number of hydrogen-bond donors (Lipinski definition) is 1. The molecule has 0 aromatic heterocycles. The van der Waals surface area contributed by atoms with Gasteiger partial charge in [0.2, 0.25) is 15.9 Å². The molecule has 1 N–H and O–H groups in total. The van der Waals surface area contributed by atoms with E-state index in [2.05, 4.69) is 5.32 Å². The third kappa shape index (κ3) is 5.38. The van der Waals surface area contributed by atoms with Crippen LogP contribution in [0.5, 0.6) is 0 Å². The SMILES string of the molecule is CCOC(=O)c1ccc(NC(=O)[C@H](C)N(c2cc(C)ccc2C)S(C)(=O)=O)c(C)c1. The minimum atomic E-state index is -3.72. The summed E-state index contributed by atoms with van der Waals surface area (Å²) in [6, 6.07) is 9.27. The number of esters is 1. The first-order chi connectivity index (χ1) is 14.0. The van der Waals surface area contributed by atoms with E-state index in [1.807, 2.05) is 19.1 Å². The van der Waals surface area contributed by atoms with Crippen molar-refractivity contribution in [2.75, 3.05) is 22.5 Å². The lowest BCUT2D eigenvalue weighted by molar-refractivity contribution is -0.116. The zero-order valence-corrected chi connectivity index (χ0v) is 19.0. The van der Waals surface area contributed by atoms with Gasteiger partial charge in [-0.2, -0.15) is 0 Å².